The van der Waals surface area contributed by atoms with E-state index in [2.05, 4.69) is 5.32 Å². The Labute approximate surface area is 169 Å². The Kier molecular flexibility index (Phi) is 8.14. The van der Waals surface area contributed by atoms with Crippen LogP contribution in [0.3, 0.4) is 0 Å². The third kappa shape index (κ3) is 6.03. The van der Waals surface area contributed by atoms with Crippen LogP contribution in [0.2, 0.25) is 0 Å². The summed E-state index contributed by atoms with van der Waals surface area (Å²) < 4.78 is 25.9. The van der Waals surface area contributed by atoms with Crippen LogP contribution in [-0.4, -0.2) is 53.5 Å². The third-order valence-electron chi connectivity index (χ3n) is 4.13. The predicted octanol–water partition coefficient (Wildman–Crippen LogP) is 2.24. The van der Waals surface area contributed by atoms with E-state index < -0.39 is 11.9 Å². The summed E-state index contributed by atoms with van der Waals surface area (Å²) in [4.78, 5) is 24.2. The van der Waals surface area contributed by atoms with Gasteiger partial charge in [-0.1, -0.05) is 12.1 Å². The lowest BCUT2D eigenvalue weighted by molar-refractivity contribution is -0.142. The molecule has 8 heteroatoms. The number of carbonyl (C=O) groups excluding carboxylic acids is 2. The van der Waals surface area contributed by atoms with E-state index in [0.717, 1.165) is 11.3 Å². The van der Waals surface area contributed by atoms with Gasteiger partial charge in [-0.25, -0.2) is 0 Å². The number of amides is 1. The van der Waals surface area contributed by atoms with Crippen molar-refractivity contribution in [3.8, 4) is 23.0 Å². The molecule has 1 amide bonds. The number of esters is 1. The summed E-state index contributed by atoms with van der Waals surface area (Å²) in [5.41, 5.74) is 1.28. The predicted molar refractivity (Wildman–Crippen MR) is 106 cm³/mol. The first-order valence-electron chi connectivity index (χ1n) is 8.89. The molecule has 2 aromatic rings. The number of hydrogen-bond donors (Lipinski definition) is 1. The largest absolute Gasteiger partial charge is 0.497 e. The average Bonchev–Trinajstić information content (AvgIpc) is 2.76. The molecule has 1 N–H and O–H groups in total. The average molecular weight is 403 g/mol. The van der Waals surface area contributed by atoms with Crippen LogP contribution in [0, 0.1) is 0 Å². The van der Waals surface area contributed by atoms with Crippen LogP contribution in [0.25, 0.3) is 0 Å². The summed E-state index contributed by atoms with van der Waals surface area (Å²) in [6, 6.07) is 10.5. The van der Waals surface area contributed by atoms with Crippen LogP contribution in [0.5, 0.6) is 23.0 Å². The Morgan fingerprint density at radius 1 is 0.862 bits per heavy atom. The van der Waals surface area contributed by atoms with Gasteiger partial charge in [0.1, 0.15) is 12.3 Å². The zero-order chi connectivity index (χ0) is 21.2. The fourth-order valence-corrected chi connectivity index (χ4v) is 2.59. The molecular weight excluding hydrogens is 378 g/mol. The monoisotopic (exact) mass is 403 g/mol. The maximum atomic E-state index is 12.4. The second kappa shape index (κ2) is 10.8. The minimum atomic E-state index is -0.528. The van der Waals surface area contributed by atoms with E-state index >= 15 is 0 Å². The zero-order valence-corrected chi connectivity index (χ0v) is 16.9. The molecule has 29 heavy (non-hydrogen) atoms. The highest BCUT2D eigenvalue weighted by Gasteiger charge is 2.17. The smallest absolute Gasteiger partial charge is 0.325 e. The second-order valence-electron chi connectivity index (χ2n) is 5.92. The molecule has 2 rings (SSSR count). The van der Waals surface area contributed by atoms with Gasteiger partial charge in [0, 0.05) is 12.0 Å². The maximum absolute atomic E-state index is 12.4. The van der Waals surface area contributed by atoms with Crippen LogP contribution in [0.4, 0.5) is 0 Å². The van der Waals surface area contributed by atoms with Crippen molar-refractivity contribution in [2.75, 3.05) is 41.6 Å². The molecule has 0 bridgehead atoms. The minimum absolute atomic E-state index is 0.214. The summed E-state index contributed by atoms with van der Waals surface area (Å²) in [5.74, 6) is 0.846. The quantitative estimate of drug-likeness (QED) is 0.608. The number of benzene rings is 2. The van der Waals surface area contributed by atoms with E-state index in [4.69, 9.17) is 23.7 Å². The molecule has 0 saturated heterocycles. The summed E-state index contributed by atoms with van der Waals surface area (Å²) >= 11 is 0. The normalized spacial score (nSPS) is 10.1. The van der Waals surface area contributed by atoms with Crippen molar-refractivity contribution in [3.63, 3.8) is 0 Å². The van der Waals surface area contributed by atoms with E-state index in [1.807, 2.05) is 24.3 Å². The zero-order valence-electron chi connectivity index (χ0n) is 16.9. The lowest BCUT2D eigenvalue weighted by Crippen LogP contribution is -2.31. The van der Waals surface area contributed by atoms with Gasteiger partial charge in [0.05, 0.1) is 35.0 Å². The molecule has 0 aliphatic rings. The fourth-order valence-electron chi connectivity index (χ4n) is 2.59. The van der Waals surface area contributed by atoms with Gasteiger partial charge in [-0.15, -0.1) is 0 Å². The Morgan fingerprint density at radius 3 is 2.00 bits per heavy atom. The first kappa shape index (κ1) is 21.9. The van der Waals surface area contributed by atoms with E-state index in [-0.39, 0.29) is 18.7 Å². The van der Waals surface area contributed by atoms with E-state index in [1.54, 1.807) is 7.11 Å². The standard InChI is InChI=1S/C21H25NO7/c1-25-16-7-5-14(6-8-16)9-10-29-19(23)13-22-21(24)15-11-17(26-2)20(28-4)18(12-15)27-3/h5-8,11-12H,9-10,13H2,1-4H3,(H,22,24). The Hall–Kier alpha value is -3.42. The first-order valence-corrected chi connectivity index (χ1v) is 8.89. The van der Waals surface area contributed by atoms with E-state index in [0.29, 0.717) is 23.7 Å². The minimum Gasteiger partial charge on any atom is -0.497 e. The molecule has 2 aromatic carbocycles. The highest BCUT2D eigenvalue weighted by atomic mass is 16.5. The van der Waals surface area contributed by atoms with Gasteiger partial charge < -0.3 is 29.0 Å². The van der Waals surface area contributed by atoms with Crippen LogP contribution >= 0.6 is 0 Å². The van der Waals surface area contributed by atoms with Crippen molar-refractivity contribution < 1.29 is 33.3 Å². The van der Waals surface area contributed by atoms with Gasteiger partial charge >= 0.3 is 5.97 Å². The molecule has 0 atom stereocenters. The lowest BCUT2D eigenvalue weighted by Gasteiger charge is -2.14. The van der Waals surface area contributed by atoms with Gasteiger partial charge in [0.15, 0.2) is 11.5 Å². The molecule has 0 aliphatic carbocycles. The number of ether oxygens (including phenoxy) is 5. The molecule has 156 valence electrons. The van der Waals surface area contributed by atoms with Crippen LogP contribution in [0.15, 0.2) is 36.4 Å². The van der Waals surface area contributed by atoms with Gasteiger partial charge in [0.25, 0.3) is 5.91 Å². The molecule has 8 nitrogen and oxygen atoms in total. The molecule has 0 unspecified atom stereocenters. The molecule has 0 spiro atoms. The molecule has 0 radical (unpaired) electrons. The van der Waals surface area contributed by atoms with Gasteiger partial charge in [-0.2, -0.15) is 0 Å². The van der Waals surface area contributed by atoms with E-state index in [9.17, 15) is 9.59 Å². The van der Waals surface area contributed by atoms with Crippen molar-refractivity contribution in [3.05, 3.63) is 47.5 Å². The van der Waals surface area contributed by atoms with Gasteiger partial charge in [-0.05, 0) is 29.8 Å². The summed E-state index contributed by atoms with van der Waals surface area (Å²) in [6.07, 6.45) is 0.566. The van der Waals surface area contributed by atoms with Gasteiger partial charge in [0.2, 0.25) is 5.75 Å². The molecule has 0 aliphatic heterocycles. The van der Waals surface area contributed by atoms with Crippen LogP contribution in [0.1, 0.15) is 15.9 Å². The first-order chi connectivity index (χ1) is 14.0. The number of hydrogen-bond acceptors (Lipinski definition) is 7. The molecule has 0 aromatic heterocycles. The summed E-state index contributed by atoms with van der Waals surface area (Å²) in [5, 5.41) is 2.52. The van der Waals surface area contributed by atoms with Crippen molar-refractivity contribution >= 4 is 11.9 Å². The van der Waals surface area contributed by atoms with E-state index in [1.165, 1.54) is 33.5 Å². The number of rotatable bonds is 10. The summed E-state index contributed by atoms with van der Waals surface area (Å²) in [7, 11) is 5.99. The molecule has 0 saturated carbocycles. The highest BCUT2D eigenvalue weighted by molar-refractivity contribution is 5.97. The van der Waals surface area contributed by atoms with Crippen molar-refractivity contribution in [2.24, 2.45) is 0 Å². The van der Waals surface area contributed by atoms with Crippen molar-refractivity contribution in [2.45, 2.75) is 6.42 Å². The van der Waals surface area contributed by atoms with Crippen molar-refractivity contribution in [1.29, 1.82) is 0 Å². The number of carbonyl (C=O) groups is 2. The maximum Gasteiger partial charge on any atom is 0.325 e. The molecule has 0 heterocycles. The topological polar surface area (TPSA) is 92.3 Å². The van der Waals surface area contributed by atoms with Crippen LogP contribution in [-0.2, 0) is 16.0 Å². The SMILES string of the molecule is COc1ccc(CCOC(=O)CNC(=O)c2cc(OC)c(OC)c(OC)c2)cc1. The second-order valence-corrected chi connectivity index (χ2v) is 5.92. The molecular formula is C21H25NO7. The van der Waals surface area contributed by atoms with Crippen LogP contribution < -0.4 is 24.3 Å². The molecule has 0 fully saturated rings. The Balaban J connectivity index is 1.85. The Morgan fingerprint density at radius 2 is 1.48 bits per heavy atom. The lowest BCUT2D eigenvalue weighted by atomic mass is 10.1. The highest BCUT2D eigenvalue weighted by Crippen LogP contribution is 2.38. The fraction of sp³-hybridized carbons (Fsp3) is 0.333. The number of methoxy groups -OCH3 is 4. The summed E-state index contributed by atoms with van der Waals surface area (Å²) in [6.45, 7) is -0.0384. The number of nitrogens with one attached hydrogen (secondary N) is 1. The van der Waals surface area contributed by atoms with Gasteiger partial charge in [-0.3, -0.25) is 9.59 Å². The Bertz CT molecular complexity index is 808. The van der Waals surface area contributed by atoms with Crippen molar-refractivity contribution in [1.82, 2.24) is 5.32 Å². The third-order valence-corrected chi connectivity index (χ3v) is 4.13.